The summed E-state index contributed by atoms with van der Waals surface area (Å²) in [6.07, 6.45) is 0.301. The molecular formula is C28H31Cl2N3O4S. The van der Waals surface area contributed by atoms with Gasteiger partial charge in [-0.05, 0) is 56.2 Å². The van der Waals surface area contributed by atoms with Gasteiger partial charge in [0.2, 0.25) is 11.8 Å². The van der Waals surface area contributed by atoms with Crippen LogP contribution in [0.3, 0.4) is 0 Å². The van der Waals surface area contributed by atoms with Gasteiger partial charge in [0, 0.05) is 28.7 Å². The highest BCUT2D eigenvalue weighted by molar-refractivity contribution is 7.92. The Morgan fingerprint density at radius 3 is 2.08 bits per heavy atom. The summed E-state index contributed by atoms with van der Waals surface area (Å²) in [5.41, 5.74) is 1.52. The molecule has 0 spiro atoms. The zero-order valence-corrected chi connectivity index (χ0v) is 23.9. The molecule has 3 aromatic rings. The number of halogens is 2. The van der Waals surface area contributed by atoms with Crippen molar-refractivity contribution in [3.63, 3.8) is 0 Å². The lowest BCUT2D eigenvalue weighted by Gasteiger charge is -2.33. The number of hydrogen-bond acceptors (Lipinski definition) is 4. The predicted octanol–water partition coefficient (Wildman–Crippen LogP) is 5.44. The molecule has 0 aliphatic heterocycles. The average Bonchev–Trinajstić information content (AvgIpc) is 2.89. The number of hydrogen-bond donors (Lipinski definition) is 1. The van der Waals surface area contributed by atoms with E-state index in [1.165, 1.54) is 17.0 Å². The van der Waals surface area contributed by atoms with E-state index in [0.29, 0.717) is 39.8 Å². The highest BCUT2D eigenvalue weighted by atomic mass is 35.5. The molecule has 1 atom stereocenters. The number of benzene rings is 3. The van der Waals surface area contributed by atoms with Crippen LogP contribution in [0.25, 0.3) is 0 Å². The molecule has 0 bridgehead atoms. The van der Waals surface area contributed by atoms with Crippen LogP contribution in [0.4, 0.5) is 5.69 Å². The average molecular weight is 577 g/mol. The van der Waals surface area contributed by atoms with Crippen LogP contribution in [0.1, 0.15) is 31.4 Å². The van der Waals surface area contributed by atoms with Crippen molar-refractivity contribution in [1.82, 2.24) is 10.2 Å². The van der Waals surface area contributed by atoms with Crippen LogP contribution < -0.4 is 9.62 Å². The summed E-state index contributed by atoms with van der Waals surface area (Å²) < 4.78 is 28.7. The van der Waals surface area contributed by atoms with Gasteiger partial charge in [-0.2, -0.15) is 0 Å². The molecule has 38 heavy (non-hydrogen) atoms. The third-order valence-electron chi connectivity index (χ3n) is 6.12. The minimum Gasteiger partial charge on any atom is -0.355 e. The van der Waals surface area contributed by atoms with E-state index in [1.54, 1.807) is 81.4 Å². The number of anilines is 1. The first kappa shape index (κ1) is 29.5. The molecule has 0 saturated carbocycles. The van der Waals surface area contributed by atoms with E-state index >= 15 is 0 Å². The second-order valence-corrected chi connectivity index (χ2v) is 11.3. The molecule has 2 amide bonds. The summed E-state index contributed by atoms with van der Waals surface area (Å²) in [5.74, 6) is -0.915. The molecule has 3 rings (SSSR count). The van der Waals surface area contributed by atoms with E-state index < -0.39 is 28.5 Å². The maximum Gasteiger partial charge on any atom is 0.264 e. The Morgan fingerprint density at radius 2 is 1.50 bits per heavy atom. The molecule has 202 valence electrons. The molecule has 1 unspecified atom stereocenters. The number of aryl methyl sites for hydroxylation is 1. The first-order valence-electron chi connectivity index (χ1n) is 12.2. The Kier molecular flexibility index (Phi) is 10.2. The molecule has 0 heterocycles. The van der Waals surface area contributed by atoms with Crippen LogP contribution in [-0.2, 0) is 26.2 Å². The number of para-hydroxylation sites is 1. The number of likely N-dealkylation sites (N-methyl/N-ethyl adjacent to an activating group) is 1. The number of carbonyl (C=O) groups is 2. The lowest BCUT2D eigenvalue weighted by atomic mass is 10.1. The van der Waals surface area contributed by atoms with E-state index in [2.05, 4.69) is 5.32 Å². The van der Waals surface area contributed by atoms with Gasteiger partial charge in [0.25, 0.3) is 10.0 Å². The van der Waals surface area contributed by atoms with E-state index in [9.17, 15) is 18.0 Å². The maximum absolute atomic E-state index is 14.0. The van der Waals surface area contributed by atoms with Crippen molar-refractivity contribution in [1.29, 1.82) is 0 Å². The summed E-state index contributed by atoms with van der Waals surface area (Å²) in [7, 11) is -4.12. The zero-order valence-electron chi connectivity index (χ0n) is 21.5. The Bertz CT molecular complexity index is 1360. The Hall–Kier alpha value is -3.07. The fourth-order valence-electron chi connectivity index (χ4n) is 4.14. The van der Waals surface area contributed by atoms with E-state index in [0.717, 1.165) is 4.31 Å². The van der Waals surface area contributed by atoms with Crippen molar-refractivity contribution < 1.29 is 18.0 Å². The fourth-order valence-corrected chi connectivity index (χ4v) is 6.16. The van der Waals surface area contributed by atoms with Gasteiger partial charge in [-0.1, -0.05) is 72.6 Å². The smallest absolute Gasteiger partial charge is 0.264 e. The van der Waals surface area contributed by atoms with E-state index in [-0.39, 0.29) is 17.3 Å². The summed E-state index contributed by atoms with van der Waals surface area (Å²) in [4.78, 5) is 28.4. The maximum atomic E-state index is 14.0. The SMILES string of the molecule is CCNC(=O)C(CC)N(Cc1c(Cl)cccc1Cl)C(=O)CN(c1ccccc1C)S(=O)(=O)c1ccccc1. The minimum atomic E-state index is -4.12. The second kappa shape index (κ2) is 13.1. The molecule has 1 N–H and O–H groups in total. The lowest BCUT2D eigenvalue weighted by Crippen LogP contribution is -2.52. The van der Waals surface area contributed by atoms with Crippen molar-refractivity contribution in [2.75, 3.05) is 17.4 Å². The van der Waals surface area contributed by atoms with Crippen LogP contribution in [-0.4, -0.2) is 44.3 Å². The number of nitrogens with one attached hydrogen (secondary N) is 1. The first-order valence-corrected chi connectivity index (χ1v) is 14.4. The molecule has 0 saturated heterocycles. The molecule has 10 heteroatoms. The second-order valence-electron chi connectivity index (χ2n) is 8.65. The minimum absolute atomic E-state index is 0.0486. The van der Waals surface area contributed by atoms with Crippen LogP contribution in [0.15, 0.2) is 77.7 Å². The summed E-state index contributed by atoms with van der Waals surface area (Å²) in [6, 6.07) is 19.0. The van der Waals surface area contributed by atoms with Crippen molar-refractivity contribution in [2.45, 2.75) is 44.7 Å². The largest absolute Gasteiger partial charge is 0.355 e. The van der Waals surface area contributed by atoms with Gasteiger partial charge in [-0.3, -0.25) is 13.9 Å². The van der Waals surface area contributed by atoms with Gasteiger partial charge < -0.3 is 10.2 Å². The van der Waals surface area contributed by atoms with Crippen LogP contribution in [0.2, 0.25) is 10.0 Å². The third-order valence-corrected chi connectivity index (χ3v) is 8.60. The standard InChI is InChI=1S/C28H31Cl2N3O4S/c1-4-25(28(35)31-5-2)32(18-22-23(29)15-11-16-24(22)30)27(34)19-33(26-17-10-9-12-20(26)3)38(36,37)21-13-7-6-8-14-21/h6-17,25H,4-5,18-19H2,1-3H3,(H,31,35). The normalized spacial score (nSPS) is 12.0. The van der Waals surface area contributed by atoms with Gasteiger partial charge >= 0.3 is 0 Å². The molecular weight excluding hydrogens is 545 g/mol. The van der Waals surface area contributed by atoms with Gasteiger partial charge in [-0.25, -0.2) is 8.42 Å². The number of amides is 2. The van der Waals surface area contributed by atoms with E-state index in [4.69, 9.17) is 23.2 Å². The first-order chi connectivity index (χ1) is 18.1. The highest BCUT2D eigenvalue weighted by Crippen LogP contribution is 2.29. The van der Waals surface area contributed by atoms with Crippen molar-refractivity contribution in [3.8, 4) is 0 Å². The van der Waals surface area contributed by atoms with Gasteiger partial charge in [0.1, 0.15) is 12.6 Å². The Morgan fingerprint density at radius 1 is 0.895 bits per heavy atom. The fraction of sp³-hybridized carbons (Fsp3) is 0.286. The summed E-state index contributed by atoms with van der Waals surface area (Å²) in [5, 5.41) is 3.45. The number of sulfonamides is 1. The topological polar surface area (TPSA) is 86.8 Å². The quantitative estimate of drug-likeness (QED) is 0.330. The number of rotatable bonds is 11. The lowest BCUT2D eigenvalue weighted by molar-refractivity contribution is -0.140. The monoisotopic (exact) mass is 575 g/mol. The molecule has 0 aromatic heterocycles. The molecule has 0 aliphatic carbocycles. The van der Waals surface area contributed by atoms with Crippen molar-refractivity contribution >= 4 is 50.7 Å². The predicted molar refractivity (Wildman–Crippen MR) is 152 cm³/mol. The van der Waals surface area contributed by atoms with Crippen LogP contribution in [0, 0.1) is 6.92 Å². The Labute approximate surface area is 234 Å². The van der Waals surface area contributed by atoms with E-state index in [1.807, 2.05) is 0 Å². The highest BCUT2D eigenvalue weighted by Gasteiger charge is 2.34. The number of nitrogens with zero attached hydrogens (tertiary/aromatic N) is 2. The molecule has 0 aliphatic rings. The van der Waals surface area contributed by atoms with Gasteiger partial charge in [-0.15, -0.1) is 0 Å². The van der Waals surface area contributed by atoms with Crippen molar-refractivity contribution in [2.24, 2.45) is 0 Å². The molecule has 0 fully saturated rings. The Balaban J connectivity index is 2.10. The molecule has 7 nitrogen and oxygen atoms in total. The van der Waals surface area contributed by atoms with Crippen molar-refractivity contribution in [3.05, 3.63) is 94.0 Å². The third kappa shape index (κ3) is 6.67. The van der Waals surface area contributed by atoms with Gasteiger partial charge in [0.05, 0.1) is 10.6 Å². The number of carbonyl (C=O) groups excluding carboxylic acids is 2. The van der Waals surface area contributed by atoms with Crippen LogP contribution in [0.5, 0.6) is 0 Å². The zero-order chi connectivity index (χ0) is 27.9. The van der Waals surface area contributed by atoms with Gasteiger partial charge in [0.15, 0.2) is 0 Å². The summed E-state index contributed by atoms with van der Waals surface area (Å²) in [6.45, 7) is 5.13. The molecule has 3 aromatic carbocycles. The molecule has 0 radical (unpaired) electrons. The van der Waals surface area contributed by atoms with Crippen LogP contribution >= 0.6 is 23.2 Å². The summed E-state index contributed by atoms with van der Waals surface area (Å²) >= 11 is 12.8.